The predicted octanol–water partition coefficient (Wildman–Crippen LogP) is 1.71. The van der Waals surface area contributed by atoms with Crippen molar-refractivity contribution >= 4 is 10.9 Å². The molecule has 110 valence electrons. The molecule has 21 heavy (non-hydrogen) atoms. The third-order valence-corrected chi connectivity index (χ3v) is 3.46. The first-order valence-electron chi connectivity index (χ1n) is 7.27. The number of aromatic nitrogens is 5. The van der Waals surface area contributed by atoms with Crippen LogP contribution in [-0.4, -0.2) is 31.3 Å². The highest BCUT2D eigenvalue weighted by molar-refractivity contribution is 5.80. The van der Waals surface area contributed by atoms with Gasteiger partial charge in [-0.3, -0.25) is 0 Å². The molecular formula is C15H20N6. The van der Waals surface area contributed by atoms with E-state index in [-0.39, 0.29) is 0 Å². The Kier molecular flexibility index (Phi) is 3.96. The molecule has 2 heterocycles. The average Bonchev–Trinajstić information content (AvgIpc) is 3.07. The summed E-state index contributed by atoms with van der Waals surface area (Å²) in [5.74, 6) is 0.726. The van der Waals surface area contributed by atoms with Crippen molar-refractivity contribution in [1.82, 2.24) is 30.1 Å². The standard InChI is InChI=1S/C15H20N6/c1-3-7-16-10-12-4-5-13-6-8-21(14(13)9-12)11-15-17-19-20(2)18-15/h4-6,8-9,16H,3,7,10-11H2,1-2H3. The molecule has 0 spiro atoms. The van der Waals surface area contributed by atoms with Crippen molar-refractivity contribution in [3.8, 4) is 0 Å². The molecule has 6 nitrogen and oxygen atoms in total. The maximum absolute atomic E-state index is 4.24. The molecule has 0 aliphatic rings. The highest BCUT2D eigenvalue weighted by Gasteiger charge is 2.06. The van der Waals surface area contributed by atoms with Crippen molar-refractivity contribution in [3.63, 3.8) is 0 Å². The molecular weight excluding hydrogens is 264 g/mol. The van der Waals surface area contributed by atoms with E-state index in [4.69, 9.17) is 0 Å². The molecule has 0 saturated carbocycles. The highest BCUT2D eigenvalue weighted by Crippen LogP contribution is 2.18. The monoisotopic (exact) mass is 284 g/mol. The Balaban J connectivity index is 1.83. The van der Waals surface area contributed by atoms with Gasteiger partial charge in [-0.25, -0.2) is 0 Å². The second-order valence-electron chi connectivity index (χ2n) is 5.21. The summed E-state index contributed by atoms with van der Waals surface area (Å²) < 4.78 is 2.16. The van der Waals surface area contributed by atoms with Crippen molar-refractivity contribution in [3.05, 3.63) is 41.9 Å². The van der Waals surface area contributed by atoms with Gasteiger partial charge in [-0.1, -0.05) is 19.1 Å². The molecule has 0 saturated heterocycles. The minimum Gasteiger partial charge on any atom is -0.340 e. The van der Waals surface area contributed by atoms with Crippen LogP contribution < -0.4 is 5.32 Å². The Morgan fingerprint density at radius 3 is 2.90 bits per heavy atom. The van der Waals surface area contributed by atoms with E-state index in [1.807, 2.05) is 0 Å². The maximum Gasteiger partial charge on any atom is 0.194 e. The van der Waals surface area contributed by atoms with Crippen molar-refractivity contribution < 1.29 is 0 Å². The molecule has 0 radical (unpaired) electrons. The first-order valence-corrected chi connectivity index (χ1v) is 7.27. The minimum atomic E-state index is 0.642. The molecule has 1 aromatic carbocycles. The van der Waals surface area contributed by atoms with E-state index < -0.39 is 0 Å². The predicted molar refractivity (Wildman–Crippen MR) is 81.8 cm³/mol. The number of nitrogens with one attached hydrogen (secondary N) is 1. The molecule has 2 aromatic heterocycles. The number of fused-ring (bicyclic) bond motifs is 1. The van der Waals surface area contributed by atoms with Crippen LogP contribution in [0, 0.1) is 0 Å². The third-order valence-electron chi connectivity index (χ3n) is 3.46. The van der Waals surface area contributed by atoms with Gasteiger partial charge in [0.25, 0.3) is 0 Å². The van der Waals surface area contributed by atoms with Crippen LogP contribution in [0.15, 0.2) is 30.5 Å². The first kappa shape index (κ1) is 13.8. The van der Waals surface area contributed by atoms with Gasteiger partial charge in [0.05, 0.1) is 13.6 Å². The van der Waals surface area contributed by atoms with Gasteiger partial charge >= 0.3 is 0 Å². The van der Waals surface area contributed by atoms with Gasteiger partial charge in [-0.2, -0.15) is 4.80 Å². The maximum atomic E-state index is 4.24. The van der Waals surface area contributed by atoms with Crippen molar-refractivity contribution in [2.45, 2.75) is 26.4 Å². The lowest BCUT2D eigenvalue weighted by Gasteiger charge is -2.06. The lowest BCUT2D eigenvalue weighted by Crippen LogP contribution is -2.13. The number of tetrazole rings is 1. The fourth-order valence-corrected chi connectivity index (χ4v) is 2.43. The Bertz CT molecular complexity index is 727. The number of nitrogens with zero attached hydrogens (tertiary/aromatic N) is 5. The number of hydrogen-bond acceptors (Lipinski definition) is 4. The van der Waals surface area contributed by atoms with Gasteiger partial charge in [0.1, 0.15) is 0 Å². The van der Waals surface area contributed by atoms with E-state index in [0.717, 1.165) is 25.3 Å². The van der Waals surface area contributed by atoms with Crippen LogP contribution in [0.1, 0.15) is 24.7 Å². The zero-order valence-electron chi connectivity index (χ0n) is 12.5. The van der Waals surface area contributed by atoms with Crippen LogP contribution in [0.3, 0.4) is 0 Å². The van der Waals surface area contributed by atoms with Crippen molar-refractivity contribution in [2.75, 3.05) is 6.54 Å². The summed E-state index contributed by atoms with van der Waals surface area (Å²) in [5.41, 5.74) is 2.50. The Morgan fingerprint density at radius 2 is 2.14 bits per heavy atom. The van der Waals surface area contributed by atoms with Crippen LogP contribution in [-0.2, 0) is 20.1 Å². The van der Waals surface area contributed by atoms with Gasteiger partial charge in [0.15, 0.2) is 5.82 Å². The van der Waals surface area contributed by atoms with E-state index in [1.54, 1.807) is 7.05 Å². The summed E-state index contributed by atoms with van der Waals surface area (Å²) in [4.78, 5) is 1.49. The van der Waals surface area contributed by atoms with E-state index >= 15 is 0 Å². The van der Waals surface area contributed by atoms with Crippen LogP contribution in [0.5, 0.6) is 0 Å². The van der Waals surface area contributed by atoms with Crippen LogP contribution in [0.4, 0.5) is 0 Å². The first-order chi connectivity index (χ1) is 10.3. The molecule has 3 aromatic rings. The fourth-order valence-electron chi connectivity index (χ4n) is 2.43. The second-order valence-corrected chi connectivity index (χ2v) is 5.21. The minimum absolute atomic E-state index is 0.642. The molecule has 0 fully saturated rings. The smallest absolute Gasteiger partial charge is 0.194 e. The number of benzene rings is 1. The summed E-state index contributed by atoms with van der Waals surface area (Å²) in [7, 11) is 1.78. The number of aryl methyl sites for hydroxylation is 1. The molecule has 0 bridgehead atoms. The van der Waals surface area contributed by atoms with E-state index in [1.165, 1.54) is 21.3 Å². The highest BCUT2D eigenvalue weighted by atomic mass is 15.6. The summed E-state index contributed by atoms with van der Waals surface area (Å²) in [6.45, 7) is 4.76. The third kappa shape index (κ3) is 3.11. The molecule has 0 aliphatic heterocycles. The van der Waals surface area contributed by atoms with E-state index in [2.05, 4.69) is 62.7 Å². The Morgan fingerprint density at radius 1 is 1.24 bits per heavy atom. The van der Waals surface area contributed by atoms with Crippen LogP contribution in [0.25, 0.3) is 10.9 Å². The normalized spacial score (nSPS) is 11.3. The largest absolute Gasteiger partial charge is 0.340 e. The Hall–Kier alpha value is -2.21. The quantitative estimate of drug-likeness (QED) is 0.700. The van der Waals surface area contributed by atoms with Crippen LogP contribution in [0.2, 0.25) is 0 Å². The lowest BCUT2D eigenvalue weighted by molar-refractivity contribution is 0.625. The summed E-state index contributed by atoms with van der Waals surface area (Å²) in [5, 5.41) is 16.8. The topological polar surface area (TPSA) is 60.6 Å². The molecule has 0 amide bonds. The average molecular weight is 284 g/mol. The zero-order valence-corrected chi connectivity index (χ0v) is 12.5. The van der Waals surface area contributed by atoms with E-state index in [0.29, 0.717) is 6.54 Å². The van der Waals surface area contributed by atoms with Gasteiger partial charge in [0, 0.05) is 18.3 Å². The molecule has 6 heteroatoms. The molecule has 0 atom stereocenters. The zero-order chi connectivity index (χ0) is 14.7. The Labute approximate surface area is 123 Å². The van der Waals surface area contributed by atoms with E-state index in [9.17, 15) is 0 Å². The summed E-state index contributed by atoms with van der Waals surface area (Å²) in [6.07, 6.45) is 3.22. The fraction of sp³-hybridized carbons (Fsp3) is 0.400. The van der Waals surface area contributed by atoms with Gasteiger partial charge < -0.3 is 9.88 Å². The SMILES string of the molecule is CCCNCc1ccc2ccn(Cc3nnn(C)n3)c2c1. The number of rotatable bonds is 6. The van der Waals surface area contributed by atoms with Crippen molar-refractivity contribution in [2.24, 2.45) is 7.05 Å². The summed E-state index contributed by atoms with van der Waals surface area (Å²) in [6, 6.07) is 8.69. The van der Waals surface area contributed by atoms with Crippen molar-refractivity contribution in [1.29, 1.82) is 0 Å². The molecule has 0 aliphatic carbocycles. The summed E-state index contributed by atoms with van der Waals surface area (Å²) >= 11 is 0. The van der Waals surface area contributed by atoms with Gasteiger partial charge in [-0.05, 0) is 41.3 Å². The second kappa shape index (κ2) is 6.05. The molecule has 0 unspecified atom stereocenters. The molecule has 1 N–H and O–H groups in total. The van der Waals surface area contributed by atoms with Crippen LogP contribution >= 0.6 is 0 Å². The van der Waals surface area contributed by atoms with Gasteiger partial charge in [-0.15, -0.1) is 10.2 Å². The van der Waals surface area contributed by atoms with Gasteiger partial charge in [0.2, 0.25) is 0 Å². The molecule has 3 rings (SSSR count). The number of hydrogen-bond donors (Lipinski definition) is 1. The lowest BCUT2D eigenvalue weighted by atomic mass is 10.1.